The van der Waals surface area contributed by atoms with Gasteiger partial charge in [0.15, 0.2) is 0 Å². The van der Waals surface area contributed by atoms with E-state index in [1.54, 1.807) is 17.5 Å². The molecule has 4 nitrogen and oxygen atoms in total. The maximum atomic E-state index is 5.61. The van der Waals surface area contributed by atoms with E-state index < -0.39 is 0 Å². The van der Waals surface area contributed by atoms with Crippen LogP contribution in [0.3, 0.4) is 0 Å². The summed E-state index contributed by atoms with van der Waals surface area (Å²) in [5, 5.41) is 1.65. The standard InChI is InChI=1S/C6H8N4/c7-10-3-1-2-9-5-8-4-6(9)10/h1-2,4-5H,3,7H2. The van der Waals surface area contributed by atoms with Gasteiger partial charge >= 0.3 is 0 Å². The lowest BCUT2D eigenvalue weighted by atomic mass is 10.5. The molecule has 1 aliphatic rings. The fourth-order valence-corrected chi connectivity index (χ4v) is 1.00. The van der Waals surface area contributed by atoms with Gasteiger partial charge < -0.3 is 0 Å². The molecule has 2 heterocycles. The van der Waals surface area contributed by atoms with Crippen LogP contribution in [0.2, 0.25) is 0 Å². The van der Waals surface area contributed by atoms with Gasteiger partial charge in [-0.3, -0.25) is 9.58 Å². The van der Waals surface area contributed by atoms with E-state index in [-0.39, 0.29) is 0 Å². The second kappa shape index (κ2) is 1.85. The summed E-state index contributed by atoms with van der Waals surface area (Å²) in [5.74, 6) is 6.54. The van der Waals surface area contributed by atoms with Gasteiger partial charge in [0, 0.05) is 6.20 Å². The molecule has 1 aromatic heterocycles. The van der Waals surface area contributed by atoms with Gasteiger partial charge in [-0.25, -0.2) is 10.8 Å². The minimum atomic E-state index is 0.756. The number of hydrazine groups is 1. The summed E-state index contributed by atoms with van der Waals surface area (Å²) in [6.45, 7) is 0.756. The zero-order valence-corrected chi connectivity index (χ0v) is 5.44. The molecule has 52 valence electrons. The predicted octanol–water partition coefficient (Wildman–Crippen LogP) is 0.0475. The molecule has 0 bridgehead atoms. The molecule has 0 aliphatic carbocycles. The lowest BCUT2D eigenvalue weighted by Gasteiger charge is -2.19. The van der Waals surface area contributed by atoms with Crippen molar-refractivity contribution >= 4 is 12.0 Å². The highest BCUT2D eigenvalue weighted by Gasteiger charge is 2.07. The molecule has 2 rings (SSSR count). The average molecular weight is 136 g/mol. The lowest BCUT2D eigenvalue weighted by Crippen LogP contribution is -2.33. The number of anilines is 1. The van der Waals surface area contributed by atoms with Crippen LogP contribution in [0.15, 0.2) is 18.6 Å². The quantitative estimate of drug-likeness (QED) is 0.512. The second-order valence-corrected chi connectivity index (χ2v) is 2.20. The third-order valence-electron chi connectivity index (χ3n) is 1.51. The first-order valence-electron chi connectivity index (χ1n) is 3.08. The fraction of sp³-hybridized carbons (Fsp3) is 0.167. The monoisotopic (exact) mass is 136 g/mol. The van der Waals surface area contributed by atoms with Crippen LogP contribution in [0, 0.1) is 0 Å². The van der Waals surface area contributed by atoms with Crippen LogP contribution in [-0.4, -0.2) is 16.1 Å². The van der Waals surface area contributed by atoms with E-state index in [9.17, 15) is 0 Å². The number of nitrogens with two attached hydrogens (primary N) is 1. The fourth-order valence-electron chi connectivity index (χ4n) is 1.00. The van der Waals surface area contributed by atoms with E-state index in [0.717, 1.165) is 12.4 Å². The predicted molar refractivity (Wildman–Crippen MR) is 39.1 cm³/mol. The normalized spacial score (nSPS) is 15.5. The largest absolute Gasteiger partial charge is 0.292 e. The Balaban J connectivity index is 2.52. The summed E-state index contributed by atoms with van der Waals surface area (Å²) >= 11 is 0. The number of fused-ring (bicyclic) bond motifs is 1. The van der Waals surface area contributed by atoms with Gasteiger partial charge in [-0.05, 0) is 6.08 Å². The lowest BCUT2D eigenvalue weighted by molar-refractivity contribution is 0.871. The van der Waals surface area contributed by atoms with Crippen molar-refractivity contribution < 1.29 is 0 Å². The third-order valence-corrected chi connectivity index (χ3v) is 1.51. The smallest absolute Gasteiger partial charge is 0.147 e. The van der Waals surface area contributed by atoms with E-state index in [4.69, 9.17) is 5.84 Å². The van der Waals surface area contributed by atoms with Crippen LogP contribution in [0.5, 0.6) is 0 Å². The number of nitrogens with zero attached hydrogens (tertiary/aromatic N) is 3. The molecule has 1 aromatic rings. The number of rotatable bonds is 0. The van der Waals surface area contributed by atoms with Gasteiger partial charge in [0.05, 0.1) is 12.7 Å². The van der Waals surface area contributed by atoms with Crippen molar-refractivity contribution in [3.8, 4) is 0 Å². The Morgan fingerprint density at radius 3 is 3.30 bits per heavy atom. The van der Waals surface area contributed by atoms with E-state index >= 15 is 0 Å². The van der Waals surface area contributed by atoms with Gasteiger partial charge in [0.25, 0.3) is 0 Å². The molecule has 0 saturated carbocycles. The molecule has 0 radical (unpaired) electrons. The van der Waals surface area contributed by atoms with E-state index in [0.29, 0.717) is 0 Å². The molecule has 0 spiro atoms. The van der Waals surface area contributed by atoms with Crippen molar-refractivity contribution in [3.05, 3.63) is 18.6 Å². The van der Waals surface area contributed by atoms with E-state index in [1.165, 1.54) is 0 Å². The van der Waals surface area contributed by atoms with Gasteiger partial charge in [0.1, 0.15) is 12.1 Å². The third kappa shape index (κ3) is 0.625. The molecule has 1 aliphatic heterocycles. The maximum absolute atomic E-state index is 5.61. The molecular weight excluding hydrogens is 128 g/mol. The summed E-state index contributed by atoms with van der Waals surface area (Å²) in [6.07, 6.45) is 7.40. The molecule has 0 unspecified atom stereocenters. The number of aromatic nitrogens is 2. The van der Waals surface area contributed by atoms with Gasteiger partial charge in [0.2, 0.25) is 0 Å². The van der Waals surface area contributed by atoms with Crippen LogP contribution in [-0.2, 0) is 0 Å². The van der Waals surface area contributed by atoms with Crippen molar-refractivity contribution in [2.45, 2.75) is 0 Å². The summed E-state index contributed by atoms with van der Waals surface area (Å²) in [7, 11) is 0. The van der Waals surface area contributed by atoms with Crippen LogP contribution in [0.1, 0.15) is 0 Å². The molecule has 10 heavy (non-hydrogen) atoms. The van der Waals surface area contributed by atoms with Gasteiger partial charge in [-0.1, -0.05) is 0 Å². The maximum Gasteiger partial charge on any atom is 0.147 e. The molecular formula is C6H8N4. The summed E-state index contributed by atoms with van der Waals surface area (Å²) in [5.41, 5.74) is 0. The first-order chi connectivity index (χ1) is 4.88. The summed E-state index contributed by atoms with van der Waals surface area (Å²) in [6, 6.07) is 0. The number of hydrogen-bond donors (Lipinski definition) is 1. The molecule has 4 heteroatoms. The molecule has 0 atom stereocenters. The molecule has 0 amide bonds. The number of imidazole rings is 1. The highest BCUT2D eigenvalue weighted by Crippen LogP contribution is 2.13. The minimum Gasteiger partial charge on any atom is -0.292 e. The average Bonchev–Trinajstić information content (AvgIpc) is 2.36. The Bertz CT molecular complexity index is 262. The van der Waals surface area contributed by atoms with Crippen molar-refractivity contribution in [1.29, 1.82) is 0 Å². The Kier molecular flexibility index (Phi) is 1.01. The topological polar surface area (TPSA) is 47.1 Å². The summed E-state index contributed by atoms with van der Waals surface area (Å²) < 4.78 is 1.88. The molecule has 2 N–H and O–H groups in total. The zero-order valence-electron chi connectivity index (χ0n) is 5.44. The summed E-state index contributed by atoms with van der Waals surface area (Å²) in [4.78, 5) is 3.94. The van der Waals surface area contributed by atoms with Crippen molar-refractivity contribution in [2.24, 2.45) is 5.84 Å². The van der Waals surface area contributed by atoms with Crippen LogP contribution in [0.25, 0.3) is 6.20 Å². The Labute approximate surface area is 58.5 Å². The molecule has 0 aromatic carbocycles. The van der Waals surface area contributed by atoms with E-state index in [1.807, 2.05) is 16.8 Å². The number of hydrogen-bond acceptors (Lipinski definition) is 3. The van der Waals surface area contributed by atoms with Gasteiger partial charge in [-0.15, -0.1) is 0 Å². The highest BCUT2D eigenvalue weighted by molar-refractivity contribution is 5.48. The van der Waals surface area contributed by atoms with E-state index in [2.05, 4.69) is 4.98 Å². The van der Waals surface area contributed by atoms with Crippen molar-refractivity contribution in [1.82, 2.24) is 9.55 Å². The Morgan fingerprint density at radius 2 is 2.50 bits per heavy atom. The van der Waals surface area contributed by atoms with Crippen LogP contribution in [0.4, 0.5) is 5.82 Å². The molecule has 0 fully saturated rings. The zero-order chi connectivity index (χ0) is 6.97. The first kappa shape index (κ1) is 5.49. The molecule has 0 saturated heterocycles. The minimum absolute atomic E-state index is 0.756. The highest BCUT2D eigenvalue weighted by atomic mass is 15.5. The van der Waals surface area contributed by atoms with Crippen molar-refractivity contribution in [3.63, 3.8) is 0 Å². The Morgan fingerprint density at radius 1 is 1.60 bits per heavy atom. The SMILES string of the molecule is NN1CC=Cn2cncc21. The Hall–Kier alpha value is -1.29. The second-order valence-electron chi connectivity index (χ2n) is 2.20. The van der Waals surface area contributed by atoms with Crippen LogP contribution >= 0.6 is 0 Å². The van der Waals surface area contributed by atoms with Gasteiger partial charge in [-0.2, -0.15) is 0 Å². The van der Waals surface area contributed by atoms with Crippen molar-refractivity contribution in [2.75, 3.05) is 11.6 Å². The van der Waals surface area contributed by atoms with Crippen LogP contribution < -0.4 is 10.9 Å². The first-order valence-corrected chi connectivity index (χ1v) is 3.08.